The first-order chi connectivity index (χ1) is 10.0. The number of piperazine rings is 1. The highest BCUT2D eigenvalue weighted by molar-refractivity contribution is 5.23. The molecule has 0 spiro atoms. The van der Waals surface area contributed by atoms with Crippen LogP contribution in [0, 0.1) is 5.92 Å². The van der Waals surface area contributed by atoms with Gasteiger partial charge in [-0.2, -0.15) is 0 Å². The van der Waals surface area contributed by atoms with Crippen LogP contribution in [0.15, 0.2) is 24.3 Å². The first-order valence-electron chi connectivity index (χ1n) is 8.25. The smallest absolute Gasteiger partial charge is 0.0237 e. The van der Waals surface area contributed by atoms with E-state index >= 15 is 0 Å². The molecule has 0 bridgehead atoms. The van der Waals surface area contributed by atoms with E-state index in [4.69, 9.17) is 0 Å². The molecule has 0 saturated carbocycles. The lowest BCUT2D eigenvalue weighted by Gasteiger charge is -2.38. The average Bonchev–Trinajstić information content (AvgIpc) is 2.42. The Morgan fingerprint density at radius 1 is 1.24 bits per heavy atom. The van der Waals surface area contributed by atoms with E-state index in [2.05, 4.69) is 67.2 Å². The molecule has 1 aromatic carbocycles. The lowest BCUT2D eigenvalue weighted by Crippen LogP contribution is -2.49. The largest absolute Gasteiger partial charge is 0.312 e. The monoisotopic (exact) mass is 289 g/mol. The van der Waals surface area contributed by atoms with Crippen molar-refractivity contribution in [1.82, 2.24) is 15.1 Å². The Morgan fingerprint density at radius 2 is 2.00 bits per heavy atom. The Balaban J connectivity index is 1.88. The molecule has 0 aliphatic carbocycles. The van der Waals surface area contributed by atoms with E-state index in [1.165, 1.54) is 30.8 Å². The quantitative estimate of drug-likeness (QED) is 0.868. The normalized spacial score (nSPS) is 21.1. The van der Waals surface area contributed by atoms with Crippen LogP contribution in [-0.4, -0.2) is 49.1 Å². The molecule has 1 unspecified atom stereocenters. The van der Waals surface area contributed by atoms with Crippen molar-refractivity contribution in [3.8, 4) is 0 Å². The second-order valence-electron chi connectivity index (χ2n) is 6.93. The molecule has 1 aromatic rings. The second kappa shape index (κ2) is 7.92. The zero-order valence-corrected chi connectivity index (χ0v) is 14.1. The second-order valence-corrected chi connectivity index (χ2v) is 6.93. The van der Waals surface area contributed by atoms with Crippen LogP contribution >= 0.6 is 0 Å². The van der Waals surface area contributed by atoms with E-state index in [9.17, 15) is 0 Å². The maximum atomic E-state index is 3.53. The third-order valence-electron chi connectivity index (χ3n) is 4.23. The van der Waals surface area contributed by atoms with Gasteiger partial charge >= 0.3 is 0 Å². The summed E-state index contributed by atoms with van der Waals surface area (Å²) in [5.41, 5.74) is 2.84. The predicted molar refractivity (Wildman–Crippen MR) is 90.4 cm³/mol. The summed E-state index contributed by atoms with van der Waals surface area (Å²) in [7, 11) is 2.22. The molecule has 3 heteroatoms. The summed E-state index contributed by atoms with van der Waals surface area (Å²) in [5.74, 6) is 0.708. The number of rotatable bonds is 6. The number of hydrogen-bond acceptors (Lipinski definition) is 3. The van der Waals surface area contributed by atoms with Gasteiger partial charge in [-0.25, -0.2) is 0 Å². The van der Waals surface area contributed by atoms with Gasteiger partial charge in [-0.15, -0.1) is 0 Å². The van der Waals surface area contributed by atoms with Crippen LogP contribution < -0.4 is 5.32 Å². The van der Waals surface area contributed by atoms with Crippen LogP contribution in [0.25, 0.3) is 0 Å². The van der Waals surface area contributed by atoms with Crippen LogP contribution in [0.5, 0.6) is 0 Å². The minimum Gasteiger partial charge on any atom is -0.312 e. The SMILES string of the molecule is CC(C)CNCc1cccc(CN2CCN(C)CC2C)c1. The molecular weight excluding hydrogens is 258 g/mol. The number of benzene rings is 1. The molecule has 0 radical (unpaired) electrons. The fraction of sp³-hybridized carbons (Fsp3) is 0.667. The third kappa shape index (κ3) is 5.42. The van der Waals surface area contributed by atoms with Gasteiger partial charge in [-0.05, 0) is 37.6 Å². The molecule has 0 aromatic heterocycles. The average molecular weight is 289 g/mol. The number of nitrogens with zero attached hydrogens (tertiary/aromatic N) is 2. The van der Waals surface area contributed by atoms with Gasteiger partial charge in [0, 0.05) is 38.8 Å². The number of hydrogen-bond donors (Lipinski definition) is 1. The first-order valence-corrected chi connectivity index (χ1v) is 8.25. The Hall–Kier alpha value is -0.900. The van der Waals surface area contributed by atoms with Gasteiger partial charge in [-0.3, -0.25) is 4.90 Å². The number of nitrogens with one attached hydrogen (secondary N) is 1. The molecule has 1 N–H and O–H groups in total. The van der Waals surface area contributed by atoms with Gasteiger partial charge in [0.15, 0.2) is 0 Å². The fourth-order valence-corrected chi connectivity index (χ4v) is 2.99. The molecule has 118 valence electrons. The van der Waals surface area contributed by atoms with Crippen molar-refractivity contribution in [2.45, 2.75) is 39.9 Å². The van der Waals surface area contributed by atoms with E-state index in [1.54, 1.807) is 0 Å². The lowest BCUT2D eigenvalue weighted by molar-refractivity contribution is 0.0938. The zero-order valence-electron chi connectivity index (χ0n) is 14.1. The van der Waals surface area contributed by atoms with Crippen molar-refractivity contribution >= 4 is 0 Å². The van der Waals surface area contributed by atoms with Crippen LogP contribution in [-0.2, 0) is 13.1 Å². The van der Waals surface area contributed by atoms with Crippen molar-refractivity contribution in [3.05, 3.63) is 35.4 Å². The molecule has 2 rings (SSSR count). The molecule has 21 heavy (non-hydrogen) atoms. The summed E-state index contributed by atoms with van der Waals surface area (Å²) in [6.45, 7) is 13.5. The summed E-state index contributed by atoms with van der Waals surface area (Å²) in [5, 5.41) is 3.53. The van der Waals surface area contributed by atoms with Gasteiger partial charge in [0.05, 0.1) is 0 Å². The number of likely N-dealkylation sites (N-methyl/N-ethyl adjacent to an activating group) is 1. The third-order valence-corrected chi connectivity index (χ3v) is 4.23. The zero-order chi connectivity index (χ0) is 15.2. The van der Waals surface area contributed by atoms with E-state index in [-0.39, 0.29) is 0 Å². The van der Waals surface area contributed by atoms with Crippen molar-refractivity contribution in [2.24, 2.45) is 5.92 Å². The van der Waals surface area contributed by atoms with Crippen molar-refractivity contribution in [3.63, 3.8) is 0 Å². The standard InChI is InChI=1S/C18H31N3/c1-15(2)11-19-12-17-6-5-7-18(10-17)14-21-9-8-20(4)13-16(21)3/h5-7,10,15-16,19H,8-9,11-14H2,1-4H3. The molecule has 1 atom stereocenters. The highest BCUT2D eigenvalue weighted by Crippen LogP contribution is 2.14. The van der Waals surface area contributed by atoms with Crippen LogP contribution in [0.1, 0.15) is 31.9 Å². The minimum atomic E-state index is 0.645. The summed E-state index contributed by atoms with van der Waals surface area (Å²) in [6, 6.07) is 9.69. The van der Waals surface area contributed by atoms with Gasteiger partial charge in [-0.1, -0.05) is 38.1 Å². The molecule has 1 fully saturated rings. The van der Waals surface area contributed by atoms with E-state index < -0.39 is 0 Å². The van der Waals surface area contributed by atoms with Gasteiger partial charge in [0.25, 0.3) is 0 Å². The fourth-order valence-electron chi connectivity index (χ4n) is 2.99. The summed E-state index contributed by atoms with van der Waals surface area (Å²) >= 11 is 0. The molecule has 0 amide bonds. The predicted octanol–water partition coefficient (Wildman–Crippen LogP) is 2.57. The highest BCUT2D eigenvalue weighted by atomic mass is 15.3. The Kier molecular flexibility index (Phi) is 6.22. The van der Waals surface area contributed by atoms with Crippen LogP contribution in [0.3, 0.4) is 0 Å². The van der Waals surface area contributed by atoms with Gasteiger partial charge in [0.2, 0.25) is 0 Å². The highest BCUT2D eigenvalue weighted by Gasteiger charge is 2.21. The maximum Gasteiger partial charge on any atom is 0.0237 e. The Morgan fingerprint density at radius 3 is 2.71 bits per heavy atom. The molecular formula is C18H31N3. The van der Waals surface area contributed by atoms with E-state index in [1.807, 2.05) is 0 Å². The first kappa shape index (κ1) is 16.5. The van der Waals surface area contributed by atoms with Crippen molar-refractivity contribution in [2.75, 3.05) is 33.2 Å². The van der Waals surface area contributed by atoms with E-state index in [0.29, 0.717) is 12.0 Å². The minimum absolute atomic E-state index is 0.645. The molecule has 1 saturated heterocycles. The molecule has 1 aliphatic rings. The van der Waals surface area contributed by atoms with Gasteiger partial charge in [0.1, 0.15) is 0 Å². The van der Waals surface area contributed by atoms with Crippen molar-refractivity contribution < 1.29 is 0 Å². The molecule has 1 aliphatic heterocycles. The van der Waals surface area contributed by atoms with Crippen molar-refractivity contribution in [1.29, 1.82) is 0 Å². The molecule has 1 heterocycles. The Labute approximate surface area is 130 Å². The summed E-state index contributed by atoms with van der Waals surface area (Å²) in [6.07, 6.45) is 0. The van der Waals surface area contributed by atoms with E-state index in [0.717, 1.165) is 19.6 Å². The summed E-state index contributed by atoms with van der Waals surface area (Å²) in [4.78, 5) is 5.02. The topological polar surface area (TPSA) is 18.5 Å². The summed E-state index contributed by atoms with van der Waals surface area (Å²) < 4.78 is 0. The molecule has 3 nitrogen and oxygen atoms in total. The van der Waals surface area contributed by atoms with Gasteiger partial charge < -0.3 is 10.2 Å². The van der Waals surface area contributed by atoms with Crippen LogP contribution in [0.2, 0.25) is 0 Å². The Bertz CT molecular complexity index is 430. The van der Waals surface area contributed by atoms with Crippen LogP contribution in [0.4, 0.5) is 0 Å². The maximum absolute atomic E-state index is 3.53. The lowest BCUT2D eigenvalue weighted by atomic mass is 10.1.